The maximum absolute atomic E-state index is 14.4. The van der Waals surface area contributed by atoms with Crippen molar-refractivity contribution in [1.29, 1.82) is 0 Å². The molecule has 17 atom stereocenters. The van der Waals surface area contributed by atoms with Crippen molar-refractivity contribution in [3.8, 4) is 0 Å². The Bertz CT molecular complexity index is 1660. The minimum absolute atomic E-state index is 0.0359. The normalized spacial score (nSPS) is 40.1. The molecule has 370 valence electrons. The van der Waals surface area contributed by atoms with E-state index in [1.165, 1.54) is 12.0 Å². The summed E-state index contributed by atoms with van der Waals surface area (Å²) in [4.78, 5) is 44.1. The third-order valence-electron chi connectivity index (χ3n) is 14.9. The van der Waals surface area contributed by atoms with Gasteiger partial charge >= 0.3 is 5.97 Å². The molecular weight excluding hydrogens is 835 g/mol. The van der Waals surface area contributed by atoms with E-state index in [1.807, 2.05) is 58.1 Å². The number of carbonyl (C=O) groups excluding carboxylic acids is 3. The third kappa shape index (κ3) is 14.6. The number of carbonyl (C=O) groups is 3. The first-order chi connectivity index (χ1) is 30.7. The minimum Gasteiger partial charge on any atom is -0.460 e. The number of methoxy groups -OCH3 is 3. The van der Waals surface area contributed by atoms with E-state index in [0.29, 0.717) is 63.4 Å². The highest BCUT2D eigenvalue weighted by atomic mass is 16.6. The van der Waals surface area contributed by atoms with Crippen molar-refractivity contribution in [2.45, 2.75) is 192 Å². The Hall–Kier alpha value is -2.79. The van der Waals surface area contributed by atoms with Gasteiger partial charge in [0.25, 0.3) is 11.7 Å². The van der Waals surface area contributed by atoms with Crippen LogP contribution in [0.3, 0.4) is 0 Å². The number of piperidine rings is 1. The summed E-state index contributed by atoms with van der Waals surface area (Å²) in [6.07, 6.45) is 10.6. The van der Waals surface area contributed by atoms with Crippen LogP contribution in [0, 0.1) is 35.5 Å². The number of esters is 1. The standard InChI is InChI=1S/C51H83NO13/c1-30-16-12-11-13-17-31(2)42(61-8)28-38-21-19-36(7)51(60,65-38)48(57)49(58)52-23-15-14-18-39(52)50(59)64-43(33(4)26-37-20-22-40(53)44(27-37)62-9)29-41(54)32(3)25-35(6)46(56)47(63-10)45(55)34(5)24-30/h11-13,16-17,25,30,32-34,36-47,53-56,60H,14-15,18-24,26-29H2,1-10H3/t30-,32-,33-,34-,36-,37?,38+,39?,40?,41+,42+,43+,44-,45+,46+,47+,51-/m1/s1. The van der Waals surface area contributed by atoms with Crippen molar-refractivity contribution in [3.05, 3.63) is 47.6 Å². The molecule has 0 radical (unpaired) electrons. The molecule has 1 saturated carbocycles. The molecule has 3 unspecified atom stereocenters. The highest BCUT2D eigenvalue weighted by Crippen LogP contribution is 2.38. The highest BCUT2D eigenvalue weighted by molar-refractivity contribution is 6.39. The SMILES string of the molecule is CO[C@H]1[C@@H](O)[C@H](C)C[C@H](C)C=CC=CC=C(C)[C@@H](OC)C[C@@H]2CC[C@@H](C)[C@@](O)(O2)C(=O)C(=O)N2CCCCC2C(=O)O[C@H]([C@H](C)CC2CCC(O)[C@H](OC)C2)C[C@H](O)[C@H](C)C=C(C)[C@@H]1O. The fourth-order valence-corrected chi connectivity index (χ4v) is 10.4. The number of aliphatic hydroxyl groups excluding tert-OH is 4. The van der Waals surface area contributed by atoms with Crippen molar-refractivity contribution in [2.75, 3.05) is 27.9 Å². The Balaban J connectivity index is 1.70. The summed E-state index contributed by atoms with van der Waals surface area (Å²) in [6.45, 7) is 13.2. The Morgan fingerprint density at radius 1 is 0.815 bits per heavy atom. The van der Waals surface area contributed by atoms with Crippen LogP contribution in [0.25, 0.3) is 0 Å². The maximum Gasteiger partial charge on any atom is 0.329 e. The molecule has 0 aromatic heterocycles. The molecule has 4 aliphatic rings. The number of ketones is 1. The van der Waals surface area contributed by atoms with E-state index in [-0.39, 0.29) is 49.2 Å². The topological polar surface area (TPSA) is 202 Å². The lowest BCUT2D eigenvalue weighted by Gasteiger charge is -2.43. The number of amides is 1. The Kier molecular flexibility index (Phi) is 21.5. The van der Waals surface area contributed by atoms with Gasteiger partial charge in [-0.2, -0.15) is 0 Å². The molecule has 14 heteroatoms. The van der Waals surface area contributed by atoms with Crippen LogP contribution in [-0.4, -0.2) is 143 Å². The molecule has 0 spiro atoms. The van der Waals surface area contributed by atoms with Crippen molar-refractivity contribution in [1.82, 2.24) is 4.90 Å². The number of aliphatic hydroxyl groups is 5. The van der Waals surface area contributed by atoms with Crippen LogP contribution in [0.5, 0.6) is 0 Å². The second-order valence-corrected chi connectivity index (χ2v) is 20.0. The quantitative estimate of drug-likeness (QED) is 0.122. The van der Waals surface area contributed by atoms with Gasteiger partial charge < -0.3 is 54.1 Å². The largest absolute Gasteiger partial charge is 0.460 e. The average molecular weight is 918 g/mol. The van der Waals surface area contributed by atoms with Gasteiger partial charge in [-0.1, -0.05) is 71.1 Å². The van der Waals surface area contributed by atoms with E-state index in [9.17, 15) is 39.9 Å². The number of fused-ring (bicyclic) bond motifs is 3. The summed E-state index contributed by atoms with van der Waals surface area (Å²) in [7, 11) is 4.63. The van der Waals surface area contributed by atoms with Crippen LogP contribution in [0.15, 0.2) is 47.6 Å². The molecule has 3 aliphatic heterocycles. The van der Waals surface area contributed by atoms with Gasteiger partial charge in [0, 0.05) is 52.6 Å². The van der Waals surface area contributed by atoms with Crippen LogP contribution in [0.1, 0.15) is 126 Å². The number of cyclic esters (lactones) is 1. The van der Waals surface area contributed by atoms with E-state index >= 15 is 0 Å². The summed E-state index contributed by atoms with van der Waals surface area (Å²) in [5.74, 6) is -6.69. The number of rotatable bonds is 6. The molecule has 4 rings (SSSR count). The van der Waals surface area contributed by atoms with Crippen LogP contribution < -0.4 is 0 Å². The Morgan fingerprint density at radius 3 is 2.22 bits per heavy atom. The third-order valence-corrected chi connectivity index (χ3v) is 14.9. The number of hydrogen-bond acceptors (Lipinski definition) is 13. The summed E-state index contributed by atoms with van der Waals surface area (Å²) in [5, 5.41) is 57.2. The molecule has 3 heterocycles. The molecule has 0 aromatic rings. The lowest BCUT2D eigenvalue weighted by molar-refractivity contribution is -0.265. The summed E-state index contributed by atoms with van der Waals surface area (Å²) < 4.78 is 29.6. The predicted octanol–water partition coefficient (Wildman–Crippen LogP) is 5.76. The maximum atomic E-state index is 14.4. The van der Waals surface area contributed by atoms with Gasteiger partial charge in [-0.25, -0.2) is 4.79 Å². The zero-order valence-electron chi connectivity index (χ0n) is 40.8. The molecule has 5 N–H and O–H groups in total. The van der Waals surface area contributed by atoms with E-state index in [4.69, 9.17) is 23.7 Å². The number of nitrogens with zero attached hydrogens (tertiary/aromatic N) is 1. The molecular formula is C51H83NO13. The van der Waals surface area contributed by atoms with E-state index in [0.717, 1.165) is 12.0 Å². The minimum atomic E-state index is -2.41. The fraction of sp³-hybridized carbons (Fsp3) is 0.784. The smallest absolute Gasteiger partial charge is 0.329 e. The van der Waals surface area contributed by atoms with E-state index in [2.05, 4.69) is 6.92 Å². The molecule has 1 amide bonds. The van der Waals surface area contributed by atoms with Crippen LogP contribution in [0.2, 0.25) is 0 Å². The van der Waals surface area contributed by atoms with Gasteiger partial charge in [0.1, 0.15) is 24.4 Å². The number of hydrogen-bond donors (Lipinski definition) is 5. The highest BCUT2D eigenvalue weighted by Gasteiger charge is 2.53. The van der Waals surface area contributed by atoms with Gasteiger partial charge in [-0.05, 0) is 113 Å². The van der Waals surface area contributed by atoms with Gasteiger partial charge in [0.15, 0.2) is 0 Å². The van der Waals surface area contributed by atoms with Crippen LogP contribution >= 0.6 is 0 Å². The van der Waals surface area contributed by atoms with Crippen molar-refractivity contribution < 1.29 is 63.6 Å². The molecule has 3 fully saturated rings. The summed E-state index contributed by atoms with van der Waals surface area (Å²) in [5.41, 5.74) is 1.41. The van der Waals surface area contributed by atoms with E-state index < -0.39 is 90.2 Å². The average Bonchev–Trinajstić information content (AvgIpc) is 3.28. The molecule has 2 bridgehead atoms. The summed E-state index contributed by atoms with van der Waals surface area (Å²) >= 11 is 0. The van der Waals surface area contributed by atoms with Gasteiger partial charge in [-0.3, -0.25) is 9.59 Å². The zero-order valence-corrected chi connectivity index (χ0v) is 40.8. The van der Waals surface area contributed by atoms with E-state index in [1.54, 1.807) is 34.1 Å². The van der Waals surface area contributed by atoms with Gasteiger partial charge in [0.05, 0.1) is 36.6 Å². The lowest BCUT2D eigenvalue weighted by atomic mass is 9.78. The molecule has 1 aliphatic carbocycles. The van der Waals surface area contributed by atoms with Crippen molar-refractivity contribution in [2.24, 2.45) is 35.5 Å². The fourth-order valence-electron chi connectivity index (χ4n) is 10.4. The van der Waals surface area contributed by atoms with Crippen molar-refractivity contribution in [3.63, 3.8) is 0 Å². The molecule has 14 nitrogen and oxygen atoms in total. The lowest BCUT2D eigenvalue weighted by Crippen LogP contribution is -2.61. The first-order valence-corrected chi connectivity index (χ1v) is 24.2. The van der Waals surface area contributed by atoms with Gasteiger partial charge in [0.2, 0.25) is 5.79 Å². The van der Waals surface area contributed by atoms with Crippen LogP contribution in [0.4, 0.5) is 0 Å². The first kappa shape index (κ1) is 54.8. The molecule has 0 aromatic carbocycles. The molecule has 2 saturated heterocycles. The zero-order chi connectivity index (χ0) is 48.2. The Morgan fingerprint density at radius 2 is 1.54 bits per heavy atom. The molecule has 65 heavy (non-hydrogen) atoms. The second kappa shape index (κ2) is 25.5. The number of ether oxygens (including phenoxy) is 5. The predicted molar refractivity (Wildman–Crippen MR) is 247 cm³/mol. The number of allylic oxidation sites excluding steroid dienone is 5. The van der Waals surface area contributed by atoms with Crippen molar-refractivity contribution >= 4 is 17.7 Å². The Labute approximate surface area is 388 Å². The number of Topliss-reactive ketones (excluding diaryl/α,β-unsaturated/α-hetero) is 1. The monoisotopic (exact) mass is 918 g/mol. The van der Waals surface area contributed by atoms with Crippen LogP contribution in [-0.2, 0) is 38.1 Å². The van der Waals surface area contributed by atoms with Gasteiger partial charge in [-0.15, -0.1) is 0 Å². The second-order valence-electron chi connectivity index (χ2n) is 20.0. The first-order valence-electron chi connectivity index (χ1n) is 24.2. The summed E-state index contributed by atoms with van der Waals surface area (Å²) in [6, 6.07) is -1.10.